The molecule has 1 atom stereocenters. The second kappa shape index (κ2) is 10.6. The van der Waals surface area contributed by atoms with Crippen molar-refractivity contribution in [1.82, 2.24) is 9.97 Å². The van der Waals surface area contributed by atoms with Gasteiger partial charge in [-0.15, -0.1) is 0 Å². The highest BCUT2D eigenvalue weighted by atomic mass is 32.2. The molecule has 0 aliphatic carbocycles. The molecule has 0 fully saturated rings. The Labute approximate surface area is 180 Å². The van der Waals surface area contributed by atoms with Crippen LogP contribution in [-0.4, -0.2) is 21.1 Å². The van der Waals surface area contributed by atoms with Gasteiger partial charge in [0.15, 0.2) is 5.16 Å². The molecule has 1 heterocycles. The molecule has 1 unspecified atom stereocenters. The number of rotatable bonds is 9. The highest BCUT2D eigenvalue weighted by molar-refractivity contribution is 8.00. The van der Waals surface area contributed by atoms with Crippen molar-refractivity contribution in [2.45, 2.75) is 43.7 Å². The lowest BCUT2D eigenvalue weighted by molar-refractivity contribution is -0.115. The number of carbonyl (C=O) groups excluding carboxylic acids is 1. The third-order valence-electron chi connectivity index (χ3n) is 4.45. The van der Waals surface area contributed by atoms with Gasteiger partial charge in [0.1, 0.15) is 12.4 Å². The molecule has 7 heteroatoms. The van der Waals surface area contributed by atoms with Gasteiger partial charge in [0.05, 0.1) is 10.9 Å². The van der Waals surface area contributed by atoms with Gasteiger partial charge in [-0.2, -0.15) is 0 Å². The molecular formula is C23H25N3O3S. The topological polar surface area (TPSA) is 84.1 Å². The molecule has 156 valence electrons. The van der Waals surface area contributed by atoms with Crippen molar-refractivity contribution in [1.29, 1.82) is 0 Å². The number of aryl methyl sites for hydroxylation is 1. The highest BCUT2D eigenvalue weighted by Crippen LogP contribution is 2.23. The lowest BCUT2D eigenvalue weighted by atomic mass is 10.1. The molecule has 3 aromatic rings. The normalized spacial score (nSPS) is 11.7. The minimum Gasteiger partial charge on any atom is -0.487 e. The zero-order chi connectivity index (χ0) is 21.3. The Morgan fingerprint density at radius 1 is 1.13 bits per heavy atom. The average Bonchev–Trinajstić information content (AvgIpc) is 2.77. The van der Waals surface area contributed by atoms with Crippen LogP contribution >= 0.6 is 11.8 Å². The van der Waals surface area contributed by atoms with Crippen molar-refractivity contribution in [3.05, 3.63) is 82.3 Å². The van der Waals surface area contributed by atoms with E-state index in [9.17, 15) is 9.59 Å². The minimum absolute atomic E-state index is 0.125. The monoisotopic (exact) mass is 423 g/mol. The van der Waals surface area contributed by atoms with Crippen molar-refractivity contribution in [3.63, 3.8) is 0 Å². The number of ether oxygens (including phenoxy) is 1. The maximum Gasteiger partial charge on any atom is 0.251 e. The van der Waals surface area contributed by atoms with Crippen LogP contribution in [-0.2, 0) is 17.8 Å². The summed E-state index contributed by atoms with van der Waals surface area (Å²) in [6, 6.07) is 18.5. The van der Waals surface area contributed by atoms with Crippen LogP contribution in [0.4, 0.5) is 5.69 Å². The second-order valence-corrected chi connectivity index (χ2v) is 7.89. The summed E-state index contributed by atoms with van der Waals surface area (Å²) in [5, 5.41) is 2.95. The van der Waals surface area contributed by atoms with Crippen LogP contribution in [0.3, 0.4) is 0 Å². The standard InChI is InChI=1S/C23H25N3O3S/c1-3-16-10-12-17(13-11-16)24-22(28)20(4-2)30-23-25-18(14-21(27)26-23)15-29-19-8-6-5-7-9-19/h5-14,20H,3-4,15H2,1-2H3,(H,24,28)(H,25,26,27). The van der Waals surface area contributed by atoms with E-state index in [2.05, 4.69) is 22.2 Å². The third-order valence-corrected chi connectivity index (χ3v) is 5.70. The third kappa shape index (κ3) is 6.22. The summed E-state index contributed by atoms with van der Waals surface area (Å²) in [4.78, 5) is 31.9. The fourth-order valence-corrected chi connectivity index (χ4v) is 3.72. The highest BCUT2D eigenvalue weighted by Gasteiger charge is 2.20. The number of benzene rings is 2. The van der Waals surface area contributed by atoms with Crippen molar-refractivity contribution in [3.8, 4) is 5.75 Å². The van der Waals surface area contributed by atoms with Crippen molar-refractivity contribution in [2.75, 3.05) is 5.32 Å². The number of aromatic nitrogens is 2. The second-order valence-electron chi connectivity index (χ2n) is 6.70. The Bertz CT molecular complexity index is 1020. The van der Waals surface area contributed by atoms with Crippen LogP contribution in [0.15, 0.2) is 70.6 Å². The van der Waals surface area contributed by atoms with E-state index in [0.29, 0.717) is 23.0 Å². The Balaban J connectivity index is 1.65. The summed E-state index contributed by atoms with van der Waals surface area (Å²) in [6.07, 6.45) is 1.54. The van der Waals surface area contributed by atoms with E-state index in [1.807, 2.05) is 61.5 Å². The molecule has 0 bridgehead atoms. The van der Waals surface area contributed by atoms with Gasteiger partial charge in [0.2, 0.25) is 5.91 Å². The largest absolute Gasteiger partial charge is 0.487 e. The van der Waals surface area contributed by atoms with Gasteiger partial charge in [-0.3, -0.25) is 9.59 Å². The fourth-order valence-electron chi connectivity index (χ4n) is 2.79. The van der Waals surface area contributed by atoms with Crippen LogP contribution in [0.25, 0.3) is 0 Å². The molecule has 2 N–H and O–H groups in total. The maximum absolute atomic E-state index is 12.7. The lowest BCUT2D eigenvalue weighted by Gasteiger charge is -2.15. The molecule has 0 aliphatic heterocycles. The van der Waals surface area contributed by atoms with Gasteiger partial charge in [-0.1, -0.05) is 55.9 Å². The fraction of sp³-hybridized carbons (Fsp3) is 0.261. The van der Waals surface area contributed by atoms with Crippen LogP contribution in [0.5, 0.6) is 5.75 Å². The summed E-state index contributed by atoms with van der Waals surface area (Å²) in [5.41, 5.74) is 2.20. The molecule has 0 aliphatic rings. The van der Waals surface area contributed by atoms with E-state index in [-0.39, 0.29) is 23.3 Å². The predicted octanol–water partition coefficient (Wildman–Crippen LogP) is 4.42. The van der Waals surface area contributed by atoms with Crippen molar-refractivity contribution < 1.29 is 9.53 Å². The van der Waals surface area contributed by atoms with E-state index < -0.39 is 0 Å². The Kier molecular flexibility index (Phi) is 7.68. The minimum atomic E-state index is -0.385. The van der Waals surface area contributed by atoms with Crippen LogP contribution in [0.1, 0.15) is 31.5 Å². The number of para-hydroxylation sites is 1. The van der Waals surface area contributed by atoms with Crippen LogP contribution < -0.4 is 15.6 Å². The van der Waals surface area contributed by atoms with Gasteiger partial charge < -0.3 is 15.0 Å². The smallest absolute Gasteiger partial charge is 0.251 e. The number of hydrogen-bond acceptors (Lipinski definition) is 5. The van der Waals surface area contributed by atoms with Gasteiger partial charge in [0, 0.05) is 11.8 Å². The molecule has 6 nitrogen and oxygen atoms in total. The summed E-state index contributed by atoms with van der Waals surface area (Å²) in [5.74, 6) is 0.578. The molecule has 3 rings (SSSR count). The Morgan fingerprint density at radius 2 is 1.87 bits per heavy atom. The number of nitrogens with one attached hydrogen (secondary N) is 2. The van der Waals surface area contributed by atoms with Gasteiger partial charge >= 0.3 is 0 Å². The number of H-pyrrole nitrogens is 1. The predicted molar refractivity (Wildman–Crippen MR) is 120 cm³/mol. The SMILES string of the molecule is CCc1ccc(NC(=O)C(CC)Sc2nc(COc3ccccc3)cc(=O)[nH]2)cc1. The molecule has 2 aromatic carbocycles. The number of anilines is 1. The average molecular weight is 424 g/mol. The number of hydrogen-bond donors (Lipinski definition) is 2. The summed E-state index contributed by atoms with van der Waals surface area (Å²) in [7, 11) is 0. The lowest BCUT2D eigenvalue weighted by Crippen LogP contribution is -2.25. The number of carbonyl (C=O) groups is 1. The zero-order valence-electron chi connectivity index (χ0n) is 17.1. The first-order chi connectivity index (χ1) is 14.6. The Morgan fingerprint density at radius 3 is 2.53 bits per heavy atom. The number of amides is 1. The summed E-state index contributed by atoms with van der Waals surface area (Å²) >= 11 is 1.24. The van der Waals surface area contributed by atoms with Gasteiger partial charge in [0.25, 0.3) is 5.56 Å². The molecule has 0 saturated carbocycles. The maximum atomic E-state index is 12.7. The molecule has 0 spiro atoms. The molecular weight excluding hydrogens is 398 g/mol. The van der Waals surface area contributed by atoms with E-state index >= 15 is 0 Å². The number of nitrogens with zero attached hydrogens (tertiary/aromatic N) is 1. The number of aromatic amines is 1. The molecule has 1 amide bonds. The first-order valence-electron chi connectivity index (χ1n) is 9.92. The van der Waals surface area contributed by atoms with E-state index in [4.69, 9.17) is 4.74 Å². The first-order valence-corrected chi connectivity index (χ1v) is 10.8. The summed E-state index contributed by atoms with van der Waals surface area (Å²) < 4.78 is 5.67. The van der Waals surface area contributed by atoms with Crippen LogP contribution in [0.2, 0.25) is 0 Å². The van der Waals surface area contributed by atoms with E-state index in [1.165, 1.54) is 23.4 Å². The van der Waals surface area contributed by atoms with Gasteiger partial charge in [-0.25, -0.2) is 4.98 Å². The first kappa shape index (κ1) is 21.6. The van der Waals surface area contributed by atoms with Crippen molar-refractivity contribution in [2.24, 2.45) is 0 Å². The molecule has 0 radical (unpaired) electrons. The zero-order valence-corrected chi connectivity index (χ0v) is 17.9. The molecule has 1 aromatic heterocycles. The molecule has 0 saturated heterocycles. The van der Waals surface area contributed by atoms with E-state index in [1.54, 1.807) is 0 Å². The molecule has 30 heavy (non-hydrogen) atoms. The van der Waals surface area contributed by atoms with Gasteiger partial charge in [-0.05, 0) is 42.7 Å². The van der Waals surface area contributed by atoms with E-state index in [0.717, 1.165) is 12.1 Å². The van der Waals surface area contributed by atoms with Crippen LogP contribution in [0, 0.1) is 0 Å². The summed E-state index contributed by atoms with van der Waals surface area (Å²) in [6.45, 7) is 4.19. The number of thioether (sulfide) groups is 1. The quantitative estimate of drug-likeness (QED) is 0.393. The van der Waals surface area contributed by atoms with Crippen molar-refractivity contribution >= 4 is 23.4 Å². The Hall–Kier alpha value is -3.06.